The Balaban J connectivity index is 0.00000128. The number of phenols is 1. The lowest BCUT2D eigenvalue weighted by atomic mass is 9.83. The molecule has 0 fully saturated rings. The van der Waals surface area contributed by atoms with Crippen LogP contribution in [0.4, 0.5) is 0 Å². The summed E-state index contributed by atoms with van der Waals surface area (Å²) in [7, 11) is 0. The lowest BCUT2D eigenvalue weighted by Crippen LogP contribution is -2.33. The molecule has 86 valence electrons. The molecule has 2 rings (SSSR count). The van der Waals surface area contributed by atoms with E-state index in [1.54, 1.807) is 6.07 Å². The molecule has 2 atom stereocenters. The maximum Gasteiger partial charge on any atom is 0.133 e. The number of aromatic hydroxyl groups is 1. The van der Waals surface area contributed by atoms with Crippen molar-refractivity contribution in [3.05, 3.63) is 28.8 Å². The largest absolute Gasteiger partial charge is 0.507 e. The van der Waals surface area contributed by atoms with E-state index in [1.807, 2.05) is 6.07 Å². The third kappa shape index (κ3) is 1.85. The maximum atomic E-state index is 9.82. The number of aliphatic hydroxyl groups excluding tert-OH is 1. The number of benzene rings is 1. The number of aliphatic hydroxyl groups is 1. The van der Waals surface area contributed by atoms with Gasteiger partial charge in [0.05, 0.1) is 11.7 Å². The normalized spacial score (nSPS) is 22.8. The van der Waals surface area contributed by atoms with Crippen LogP contribution in [0.2, 0.25) is 0 Å². The van der Waals surface area contributed by atoms with Crippen LogP contribution < -0.4 is 5.73 Å². The second-order valence-corrected chi connectivity index (χ2v) is 3.79. The molecular weight excluding hydrogens is 228 g/mol. The molecule has 5 heteroatoms. The summed E-state index contributed by atoms with van der Waals surface area (Å²) in [6.45, 7) is 0. The third-order valence-corrected chi connectivity index (χ3v) is 2.89. The summed E-state index contributed by atoms with van der Waals surface area (Å²) in [6, 6.07) is 4.74. The van der Waals surface area contributed by atoms with E-state index in [2.05, 4.69) is 0 Å². The van der Waals surface area contributed by atoms with Gasteiger partial charge in [-0.3, -0.25) is 0 Å². The number of fused-ring (bicyclic) bond motifs is 1. The van der Waals surface area contributed by atoms with Gasteiger partial charge in [-0.1, -0.05) is 6.07 Å². The Labute approximate surface area is 99.7 Å². The predicted molar refractivity (Wildman–Crippen MR) is 61.3 cm³/mol. The number of nitriles is 1. The summed E-state index contributed by atoms with van der Waals surface area (Å²) < 4.78 is 0. The van der Waals surface area contributed by atoms with Gasteiger partial charge in [0, 0.05) is 6.04 Å². The predicted octanol–water partition coefficient (Wildman–Crippen LogP) is 0.993. The molecule has 0 radical (unpaired) electrons. The van der Waals surface area contributed by atoms with E-state index in [4.69, 9.17) is 11.0 Å². The summed E-state index contributed by atoms with van der Waals surface area (Å²) in [5.74, 6) is -0.0288. The van der Waals surface area contributed by atoms with E-state index in [1.165, 1.54) is 6.07 Å². The van der Waals surface area contributed by atoms with Crippen molar-refractivity contribution in [2.75, 3.05) is 0 Å². The van der Waals surface area contributed by atoms with Gasteiger partial charge in [-0.2, -0.15) is 5.26 Å². The topological polar surface area (TPSA) is 90.3 Å². The first-order valence-corrected chi connectivity index (χ1v) is 4.83. The minimum Gasteiger partial charge on any atom is -0.507 e. The second kappa shape index (κ2) is 4.71. The molecule has 0 aromatic heterocycles. The summed E-state index contributed by atoms with van der Waals surface area (Å²) >= 11 is 0. The Bertz CT molecular complexity index is 442. The fourth-order valence-corrected chi connectivity index (χ4v) is 2.02. The van der Waals surface area contributed by atoms with E-state index in [0.29, 0.717) is 18.4 Å². The second-order valence-electron chi connectivity index (χ2n) is 3.79. The standard InChI is InChI=1S/C11H12N2O2.ClH/c12-5-8-6-1-3-9(13)11(15)7(6)2-4-10(8)14;/h2,4,9,11,14-15H,1,3,13H2;1H/t9-,11-;/m1./s1. The summed E-state index contributed by atoms with van der Waals surface area (Å²) in [5, 5.41) is 28.2. The van der Waals surface area contributed by atoms with Crippen molar-refractivity contribution < 1.29 is 10.2 Å². The minimum atomic E-state index is -0.735. The zero-order valence-electron chi connectivity index (χ0n) is 8.55. The van der Waals surface area contributed by atoms with Crippen LogP contribution in [0, 0.1) is 11.3 Å². The van der Waals surface area contributed by atoms with Gasteiger partial charge in [0.15, 0.2) is 0 Å². The third-order valence-electron chi connectivity index (χ3n) is 2.89. The van der Waals surface area contributed by atoms with Gasteiger partial charge in [-0.05, 0) is 30.0 Å². The molecule has 1 aromatic rings. The van der Waals surface area contributed by atoms with Crippen molar-refractivity contribution in [1.29, 1.82) is 5.26 Å². The first kappa shape index (κ1) is 12.8. The van der Waals surface area contributed by atoms with Crippen LogP contribution >= 0.6 is 12.4 Å². The number of hydrogen-bond donors (Lipinski definition) is 3. The van der Waals surface area contributed by atoms with Crippen LogP contribution in [0.5, 0.6) is 5.75 Å². The maximum absolute atomic E-state index is 9.82. The molecule has 4 nitrogen and oxygen atoms in total. The molecule has 4 N–H and O–H groups in total. The summed E-state index contributed by atoms with van der Waals surface area (Å²) in [5.41, 5.74) is 7.39. The average molecular weight is 241 g/mol. The first-order valence-electron chi connectivity index (χ1n) is 4.83. The van der Waals surface area contributed by atoms with Crippen LogP contribution in [-0.2, 0) is 6.42 Å². The molecule has 0 bridgehead atoms. The van der Waals surface area contributed by atoms with Gasteiger partial charge < -0.3 is 15.9 Å². The monoisotopic (exact) mass is 240 g/mol. The fourth-order valence-electron chi connectivity index (χ4n) is 2.02. The molecule has 1 aliphatic carbocycles. The van der Waals surface area contributed by atoms with Gasteiger partial charge in [-0.25, -0.2) is 0 Å². The zero-order chi connectivity index (χ0) is 11.0. The lowest BCUT2D eigenvalue weighted by molar-refractivity contribution is 0.133. The average Bonchev–Trinajstić information content (AvgIpc) is 2.23. The molecule has 0 saturated heterocycles. The van der Waals surface area contributed by atoms with Crippen LogP contribution in [0.3, 0.4) is 0 Å². The number of phenolic OH excluding ortho intramolecular Hbond substituents is 1. The van der Waals surface area contributed by atoms with E-state index >= 15 is 0 Å². The van der Waals surface area contributed by atoms with Crippen molar-refractivity contribution >= 4 is 12.4 Å². The first-order chi connectivity index (χ1) is 7.15. The van der Waals surface area contributed by atoms with E-state index < -0.39 is 6.10 Å². The highest BCUT2D eigenvalue weighted by Gasteiger charge is 2.27. The Morgan fingerprint density at radius 3 is 2.75 bits per heavy atom. The van der Waals surface area contributed by atoms with Crippen molar-refractivity contribution in [3.8, 4) is 11.8 Å². The molecule has 0 spiro atoms. The number of hydrogen-bond acceptors (Lipinski definition) is 4. The van der Waals surface area contributed by atoms with Gasteiger partial charge in [0.25, 0.3) is 0 Å². The van der Waals surface area contributed by atoms with Crippen LogP contribution in [-0.4, -0.2) is 16.3 Å². The van der Waals surface area contributed by atoms with Crippen LogP contribution in [0.25, 0.3) is 0 Å². The lowest BCUT2D eigenvalue weighted by Gasteiger charge is -2.27. The fraction of sp³-hybridized carbons (Fsp3) is 0.364. The van der Waals surface area contributed by atoms with Crippen molar-refractivity contribution in [3.63, 3.8) is 0 Å². The molecule has 16 heavy (non-hydrogen) atoms. The van der Waals surface area contributed by atoms with Crippen molar-refractivity contribution in [1.82, 2.24) is 0 Å². The van der Waals surface area contributed by atoms with Crippen molar-refractivity contribution in [2.45, 2.75) is 25.0 Å². The van der Waals surface area contributed by atoms with Gasteiger partial charge in [-0.15, -0.1) is 12.4 Å². The van der Waals surface area contributed by atoms with Gasteiger partial charge in [0.2, 0.25) is 0 Å². The highest BCUT2D eigenvalue weighted by atomic mass is 35.5. The van der Waals surface area contributed by atoms with Crippen molar-refractivity contribution in [2.24, 2.45) is 5.73 Å². The quantitative estimate of drug-likeness (QED) is 0.631. The minimum absolute atomic E-state index is 0. The highest BCUT2D eigenvalue weighted by molar-refractivity contribution is 5.85. The molecular formula is C11H13ClN2O2. The molecule has 0 amide bonds. The van der Waals surface area contributed by atoms with Crippen LogP contribution in [0.15, 0.2) is 12.1 Å². The molecule has 1 aromatic carbocycles. The molecule has 0 heterocycles. The smallest absolute Gasteiger partial charge is 0.133 e. The Morgan fingerprint density at radius 1 is 1.44 bits per heavy atom. The van der Waals surface area contributed by atoms with Gasteiger partial charge >= 0.3 is 0 Å². The molecule has 0 saturated carbocycles. The molecule has 0 unspecified atom stereocenters. The Hall–Kier alpha value is -1.28. The highest BCUT2D eigenvalue weighted by Crippen LogP contribution is 2.34. The van der Waals surface area contributed by atoms with Crippen LogP contribution in [0.1, 0.15) is 29.2 Å². The summed E-state index contributed by atoms with van der Waals surface area (Å²) in [6.07, 6.45) is 0.526. The number of nitrogens with zero attached hydrogens (tertiary/aromatic N) is 1. The number of rotatable bonds is 0. The summed E-state index contributed by atoms with van der Waals surface area (Å²) in [4.78, 5) is 0. The van der Waals surface area contributed by atoms with Gasteiger partial charge in [0.1, 0.15) is 11.8 Å². The molecule has 0 aliphatic heterocycles. The number of halogens is 1. The Morgan fingerprint density at radius 2 is 2.12 bits per heavy atom. The number of nitrogens with two attached hydrogens (primary N) is 1. The SMILES string of the molecule is Cl.N#Cc1c(O)ccc2c1CC[C@@H](N)[C@@H]2O. The molecule has 1 aliphatic rings. The van der Waals surface area contributed by atoms with E-state index in [9.17, 15) is 10.2 Å². The zero-order valence-corrected chi connectivity index (χ0v) is 9.37. The van der Waals surface area contributed by atoms with E-state index in [0.717, 1.165) is 5.56 Å². The Kier molecular flexibility index (Phi) is 3.76. The van der Waals surface area contributed by atoms with E-state index in [-0.39, 0.29) is 29.8 Å².